The van der Waals surface area contributed by atoms with Crippen LogP contribution in [0.2, 0.25) is 0 Å². The van der Waals surface area contributed by atoms with E-state index in [1.54, 1.807) is 18.2 Å². The smallest absolute Gasteiger partial charge is 0.336 e. The van der Waals surface area contributed by atoms with E-state index in [4.69, 9.17) is 13.9 Å². The van der Waals surface area contributed by atoms with Gasteiger partial charge in [-0.1, -0.05) is 50.6 Å². The van der Waals surface area contributed by atoms with Crippen LogP contribution in [0.3, 0.4) is 0 Å². The zero-order valence-corrected chi connectivity index (χ0v) is 17.7. The first-order valence-electron chi connectivity index (χ1n) is 10.1. The average Bonchev–Trinajstić information content (AvgIpc) is 2.79. The molecule has 0 aliphatic heterocycles. The fourth-order valence-electron chi connectivity index (χ4n) is 3.25. The highest BCUT2D eigenvalue weighted by atomic mass is 16.5. The average molecular weight is 423 g/mol. The number of ether oxygens (including phenoxy) is 2. The van der Waals surface area contributed by atoms with E-state index in [-0.39, 0.29) is 12.5 Å². The third-order valence-electron chi connectivity index (χ3n) is 5.16. The van der Waals surface area contributed by atoms with E-state index in [1.165, 1.54) is 13.2 Å². The third-order valence-corrected chi connectivity index (χ3v) is 5.16. The van der Waals surface area contributed by atoms with E-state index in [9.17, 15) is 14.4 Å². The second kappa shape index (κ2) is 9.93. The molecule has 2 atom stereocenters. The molecule has 0 saturated carbocycles. The van der Waals surface area contributed by atoms with Crippen molar-refractivity contribution in [3.8, 4) is 16.9 Å². The van der Waals surface area contributed by atoms with Gasteiger partial charge < -0.3 is 19.2 Å². The minimum absolute atomic E-state index is 0.0808. The Morgan fingerprint density at radius 1 is 1.10 bits per heavy atom. The molecule has 0 unspecified atom stereocenters. The van der Waals surface area contributed by atoms with Crippen LogP contribution in [0.4, 0.5) is 0 Å². The molecular weight excluding hydrogens is 398 g/mol. The predicted molar refractivity (Wildman–Crippen MR) is 117 cm³/mol. The number of esters is 1. The zero-order chi connectivity index (χ0) is 22.4. The highest BCUT2D eigenvalue weighted by Gasteiger charge is 2.26. The molecule has 0 saturated heterocycles. The summed E-state index contributed by atoms with van der Waals surface area (Å²) in [5.74, 6) is -0.657. The Morgan fingerprint density at radius 2 is 1.84 bits per heavy atom. The number of fused-ring (bicyclic) bond motifs is 1. The van der Waals surface area contributed by atoms with Gasteiger partial charge in [-0.3, -0.25) is 4.79 Å². The van der Waals surface area contributed by atoms with Gasteiger partial charge in [0, 0.05) is 17.5 Å². The number of amides is 1. The van der Waals surface area contributed by atoms with Crippen LogP contribution in [0.15, 0.2) is 63.8 Å². The minimum atomic E-state index is -0.742. The van der Waals surface area contributed by atoms with Gasteiger partial charge >= 0.3 is 11.6 Å². The summed E-state index contributed by atoms with van der Waals surface area (Å²) in [5.41, 5.74) is 1.53. The van der Waals surface area contributed by atoms with Gasteiger partial charge in [-0.25, -0.2) is 9.59 Å². The molecule has 1 aromatic heterocycles. The summed E-state index contributed by atoms with van der Waals surface area (Å²) >= 11 is 0. The summed E-state index contributed by atoms with van der Waals surface area (Å²) in [6.45, 7) is 3.49. The fourth-order valence-corrected chi connectivity index (χ4v) is 3.25. The predicted octanol–water partition coefficient (Wildman–Crippen LogP) is 3.54. The Morgan fingerprint density at radius 3 is 2.52 bits per heavy atom. The Bertz CT molecular complexity index is 1120. The first-order chi connectivity index (χ1) is 14.9. The molecule has 3 aromatic rings. The summed E-state index contributed by atoms with van der Waals surface area (Å²) in [6.07, 6.45) is 0.703. The Labute approximate surface area is 180 Å². The lowest BCUT2D eigenvalue weighted by Gasteiger charge is -2.21. The summed E-state index contributed by atoms with van der Waals surface area (Å²) in [5, 5.41) is 3.41. The zero-order valence-electron chi connectivity index (χ0n) is 17.7. The van der Waals surface area contributed by atoms with Crippen LogP contribution in [-0.4, -0.2) is 31.6 Å². The second-order valence-electron chi connectivity index (χ2n) is 7.25. The molecule has 1 heterocycles. The Hall–Kier alpha value is -3.61. The Kier molecular flexibility index (Phi) is 7.07. The number of nitrogens with one attached hydrogen (secondary N) is 1. The Balaban J connectivity index is 1.76. The molecule has 1 N–H and O–H groups in total. The molecule has 0 bridgehead atoms. The summed E-state index contributed by atoms with van der Waals surface area (Å²) in [7, 11) is 1.28. The fraction of sp³-hybridized carbons (Fsp3) is 0.292. The molecule has 0 aliphatic carbocycles. The largest absolute Gasteiger partial charge is 0.484 e. The van der Waals surface area contributed by atoms with E-state index in [0.717, 1.165) is 16.5 Å². The topological polar surface area (TPSA) is 94.8 Å². The van der Waals surface area contributed by atoms with Gasteiger partial charge in [0.1, 0.15) is 17.4 Å². The third kappa shape index (κ3) is 5.31. The lowest BCUT2D eigenvalue weighted by molar-refractivity contribution is -0.146. The molecule has 0 radical (unpaired) electrons. The summed E-state index contributed by atoms with van der Waals surface area (Å²) < 4.78 is 15.7. The van der Waals surface area contributed by atoms with E-state index in [1.807, 2.05) is 44.2 Å². The van der Waals surface area contributed by atoms with Crippen LogP contribution in [0.25, 0.3) is 22.1 Å². The maximum absolute atomic E-state index is 12.3. The van der Waals surface area contributed by atoms with Crippen LogP contribution in [0.5, 0.6) is 5.75 Å². The minimum Gasteiger partial charge on any atom is -0.484 e. The first kappa shape index (κ1) is 22.1. The summed E-state index contributed by atoms with van der Waals surface area (Å²) in [4.78, 5) is 36.3. The molecule has 162 valence electrons. The quantitative estimate of drug-likeness (QED) is 0.440. The van der Waals surface area contributed by atoms with E-state index in [0.29, 0.717) is 17.8 Å². The van der Waals surface area contributed by atoms with E-state index in [2.05, 4.69) is 5.32 Å². The molecule has 2 aromatic carbocycles. The van der Waals surface area contributed by atoms with Gasteiger partial charge in [0.2, 0.25) is 0 Å². The van der Waals surface area contributed by atoms with Crippen molar-refractivity contribution in [3.05, 3.63) is 65.0 Å². The van der Waals surface area contributed by atoms with Crippen LogP contribution in [-0.2, 0) is 14.3 Å². The number of rotatable bonds is 8. The maximum Gasteiger partial charge on any atom is 0.336 e. The molecule has 1 amide bonds. The van der Waals surface area contributed by atoms with Crippen molar-refractivity contribution in [2.75, 3.05) is 13.7 Å². The highest BCUT2D eigenvalue weighted by molar-refractivity contribution is 5.93. The molecular formula is C24H25NO6. The van der Waals surface area contributed by atoms with Gasteiger partial charge in [0.05, 0.1) is 7.11 Å². The molecule has 7 nitrogen and oxygen atoms in total. The summed E-state index contributed by atoms with van der Waals surface area (Å²) in [6, 6.07) is 15.3. The maximum atomic E-state index is 12.3. The van der Waals surface area contributed by atoms with Crippen molar-refractivity contribution >= 4 is 22.8 Å². The van der Waals surface area contributed by atoms with E-state index >= 15 is 0 Å². The van der Waals surface area contributed by atoms with Crippen LogP contribution in [0, 0.1) is 5.92 Å². The molecule has 7 heteroatoms. The van der Waals surface area contributed by atoms with Gasteiger partial charge in [0.15, 0.2) is 6.61 Å². The SMILES string of the molecule is CC[C@H](C)[C@@H](NC(=O)COc1ccc2c(-c3ccccc3)cc(=O)oc2c1)C(=O)OC. The van der Waals surface area contributed by atoms with Crippen LogP contribution < -0.4 is 15.7 Å². The molecule has 31 heavy (non-hydrogen) atoms. The van der Waals surface area contributed by atoms with Gasteiger partial charge in [-0.15, -0.1) is 0 Å². The van der Waals surface area contributed by atoms with Crippen LogP contribution >= 0.6 is 0 Å². The van der Waals surface area contributed by atoms with Gasteiger partial charge in [0.25, 0.3) is 5.91 Å². The molecule has 0 spiro atoms. The van der Waals surface area contributed by atoms with Gasteiger partial charge in [-0.05, 0) is 29.2 Å². The van der Waals surface area contributed by atoms with Crippen molar-refractivity contribution in [3.63, 3.8) is 0 Å². The second-order valence-corrected chi connectivity index (χ2v) is 7.25. The number of methoxy groups -OCH3 is 1. The van der Waals surface area contributed by atoms with Crippen molar-refractivity contribution in [2.24, 2.45) is 5.92 Å². The van der Waals surface area contributed by atoms with Crippen molar-refractivity contribution in [1.29, 1.82) is 0 Å². The highest BCUT2D eigenvalue weighted by Crippen LogP contribution is 2.29. The number of carbonyl (C=O) groups is 2. The van der Waals surface area contributed by atoms with Crippen molar-refractivity contribution < 1.29 is 23.5 Å². The molecule has 0 fully saturated rings. The molecule has 0 aliphatic rings. The number of hydrogen-bond acceptors (Lipinski definition) is 6. The lowest BCUT2D eigenvalue weighted by Crippen LogP contribution is -2.47. The molecule has 3 rings (SSSR count). The number of carbonyl (C=O) groups excluding carboxylic acids is 2. The first-order valence-corrected chi connectivity index (χ1v) is 10.1. The normalized spacial score (nSPS) is 12.7. The monoisotopic (exact) mass is 423 g/mol. The van der Waals surface area contributed by atoms with Gasteiger partial charge in [-0.2, -0.15) is 0 Å². The van der Waals surface area contributed by atoms with E-state index < -0.39 is 23.5 Å². The standard InChI is InChI=1S/C24H25NO6/c1-4-15(2)23(24(28)29-3)25-21(26)14-30-17-10-11-18-19(16-8-6-5-7-9-16)13-22(27)31-20(18)12-17/h5-13,15,23H,4,14H2,1-3H3,(H,25,26)/t15-,23+/m0/s1. The lowest BCUT2D eigenvalue weighted by atomic mass is 9.99. The van der Waals surface area contributed by atoms with Crippen molar-refractivity contribution in [2.45, 2.75) is 26.3 Å². The van der Waals surface area contributed by atoms with Crippen molar-refractivity contribution in [1.82, 2.24) is 5.32 Å². The number of hydrogen-bond donors (Lipinski definition) is 1. The number of benzene rings is 2. The van der Waals surface area contributed by atoms with Crippen LogP contribution in [0.1, 0.15) is 20.3 Å².